The molecule has 3 atom stereocenters. The lowest BCUT2D eigenvalue weighted by atomic mass is 10.0. The second kappa shape index (κ2) is 7.08. The van der Waals surface area contributed by atoms with Crippen molar-refractivity contribution in [2.24, 2.45) is 5.73 Å². The average Bonchev–Trinajstić information content (AvgIpc) is 2.90. The predicted molar refractivity (Wildman–Crippen MR) is 75.9 cm³/mol. The zero-order valence-electron chi connectivity index (χ0n) is 12.0. The molecule has 19 heavy (non-hydrogen) atoms. The molecule has 0 bridgehead atoms. The van der Waals surface area contributed by atoms with Gasteiger partial charge in [-0.25, -0.2) is 0 Å². The van der Waals surface area contributed by atoms with E-state index in [-0.39, 0.29) is 12.1 Å². The normalized spacial score (nSPS) is 24.3. The van der Waals surface area contributed by atoms with Gasteiger partial charge in [0.1, 0.15) is 5.76 Å². The zero-order valence-corrected chi connectivity index (χ0v) is 12.0. The fourth-order valence-corrected chi connectivity index (χ4v) is 2.87. The smallest absolute Gasteiger partial charge is 0.122 e. The minimum atomic E-state index is 0.0519. The summed E-state index contributed by atoms with van der Waals surface area (Å²) in [5, 5.41) is 0. The van der Waals surface area contributed by atoms with Crippen molar-refractivity contribution in [3.8, 4) is 0 Å². The number of hydrogen-bond donors (Lipinski definition) is 1. The third kappa shape index (κ3) is 3.81. The van der Waals surface area contributed by atoms with Gasteiger partial charge >= 0.3 is 0 Å². The van der Waals surface area contributed by atoms with Crippen molar-refractivity contribution in [3.05, 3.63) is 24.2 Å². The van der Waals surface area contributed by atoms with Crippen molar-refractivity contribution in [2.75, 3.05) is 19.7 Å². The molecule has 3 unspecified atom stereocenters. The Morgan fingerprint density at radius 3 is 3.05 bits per heavy atom. The molecule has 1 aromatic rings. The van der Waals surface area contributed by atoms with Gasteiger partial charge < -0.3 is 14.9 Å². The molecule has 1 aromatic heterocycles. The van der Waals surface area contributed by atoms with Gasteiger partial charge in [-0.1, -0.05) is 6.92 Å². The second-order valence-electron chi connectivity index (χ2n) is 5.45. The third-order valence-electron chi connectivity index (χ3n) is 3.69. The molecular weight excluding hydrogens is 240 g/mol. The van der Waals surface area contributed by atoms with Gasteiger partial charge in [-0.05, 0) is 44.9 Å². The van der Waals surface area contributed by atoms with E-state index in [4.69, 9.17) is 14.9 Å². The number of nitrogens with zero attached hydrogens (tertiary/aromatic N) is 1. The summed E-state index contributed by atoms with van der Waals surface area (Å²) in [7, 11) is 0. The largest absolute Gasteiger partial charge is 0.468 e. The Kier molecular flexibility index (Phi) is 5.43. The maximum Gasteiger partial charge on any atom is 0.122 e. The SMILES string of the molecule is CCCOC1CCCN(C(c2ccco2)C(C)N)C1. The maximum absolute atomic E-state index is 6.16. The minimum absolute atomic E-state index is 0.0519. The molecule has 1 saturated heterocycles. The highest BCUT2D eigenvalue weighted by molar-refractivity contribution is 5.08. The Morgan fingerprint density at radius 2 is 2.42 bits per heavy atom. The summed E-state index contributed by atoms with van der Waals surface area (Å²) in [6.07, 6.45) is 5.45. The number of ether oxygens (including phenoxy) is 1. The first-order valence-corrected chi connectivity index (χ1v) is 7.37. The van der Waals surface area contributed by atoms with E-state index in [1.807, 2.05) is 19.1 Å². The molecule has 1 aliphatic rings. The summed E-state index contributed by atoms with van der Waals surface area (Å²) in [5.74, 6) is 0.964. The van der Waals surface area contributed by atoms with Crippen molar-refractivity contribution < 1.29 is 9.15 Å². The molecule has 0 saturated carbocycles. The van der Waals surface area contributed by atoms with E-state index in [1.165, 1.54) is 0 Å². The van der Waals surface area contributed by atoms with Gasteiger partial charge in [-0.15, -0.1) is 0 Å². The molecule has 1 aliphatic heterocycles. The van der Waals surface area contributed by atoms with Crippen LogP contribution in [0.15, 0.2) is 22.8 Å². The predicted octanol–water partition coefficient (Wildman–Crippen LogP) is 2.56. The molecule has 4 heteroatoms. The lowest BCUT2D eigenvalue weighted by Crippen LogP contribution is -2.46. The van der Waals surface area contributed by atoms with E-state index in [1.54, 1.807) is 6.26 Å². The number of rotatable bonds is 6. The first-order chi connectivity index (χ1) is 9.22. The quantitative estimate of drug-likeness (QED) is 0.859. The van der Waals surface area contributed by atoms with Crippen molar-refractivity contribution in [2.45, 2.75) is 51.3 Å². The average molecular weight is 266 g/mol. The highest BCUT2D eigenvalue weighted by atomic mass is 16.5. The molecule has 1 fully saturated rings. The van der Waals surface area contributed by atoms with E-state index >= 15 is 0 Å². The highest BCUT2D eigenvalue weighted by Gasteiger charge is 2.31. The molecule has 0 spiro atoms. The molecule has 0 radical (unpaired) electrons. The molecule has 108 valence electrons. The van der Waals surface area contributed by atoms with Crippen LogP contribution in [0.25, 0.3) is 0 Å². The molecule has 0 aromatic carbocycles. The number of likely N-dealkylation sites (tertiary alicyclic amines) is 1. The van der Waals surface area contributed by atoms with Gasteiger partial charge in [0.05, 0.1) is 18.4 Å². The van der Waals surface area contributed by atoms with Crippen LogP contribution in [-0.4, -0.2) is 36.7 Å². The van der Waals surface area contributed by atoms with Gasteiger partial charge in [0.2, 0.25) is 0 Å². The Bertz CT molecular complexity index is 351. The van der Waals surface area contributed by atoms with Crippen LogP contribution in [0.3, 0.4) is 0 Å². The topological polar surface area (TPSA) is 51.6 Å². The molecule has 2 rings (SSSR count). The Morgan fingerprint density at radius 1 is 1.58 bits per heavy atom. The van der Waals surface area contributed by atoms with Gasteiger partial charge in [0.25, 0.3) is 0 Å². The lowest BCUT2D eigenvalue weighted by Gasteiger charge is -2.38. The van der Waals surface area contributed by atoms with Crippen molar-refractivity contribution in [1.82, 2.24) is 4.90 Å². The molecule has 4 nitrogen and oxygen atoms in total. The molecule has 0 aliphatic carbocycles. The number of hydrogen-bond acceptors (Lipinski definition) is 4. The van der Waals surface area contributed by atoms with E-state index in [9.17, 15) is 0 Å². The Balaban J connectivity index is 2.01. The van der Waals surface area contributed by atoms with E-state index in [0.29, 0.717) is 6.10 Å². The Hall–Kier alpha value is -0.840. The summed E-state index contributed by atoms with van der Waals surface area (Å²) >= 11 is 0. The molecule has 2 N–H and O–H groups in total. The molecule has 2 heterocycles. The van der Waals surface area contributed by atoms with Crippen LogP contribution in [0, 0.1) is 0 Å². The molecule has 0 amide bonds. The van der Waals surface area contributed by atoms with Crippen LogP contribution in [0.1, 0.15) is 44.9 Å². The monoisotopic (exact) mass is 266 g/mol. The summed E-state index contributed by atoms with van der Waals surface area (Å²) in [4.78, 5) is 2.41. The first-order valence-electron chi connectivity index (χ1n) is 7.37. The highest BCUT2D eigenvalue weighted by Crippen LogP contribution is 2.28. The summed E-state index contributed by atoms with van der Waals surface area (Å²) in [6, 6.07) is 4.16. The van der Waals surface area contributed by atoms with Gasteiger partial charge in [-0.2, -0.15) is 0 Å². The van der Waals surface area contributed by atoms with Crippen LogP contribution >= 0.6 is 0 Å². The van der Waals surface area contributed by atoms with E-state index in [0.717, 1.165) is 44.7 Å². The summed E-state index contributed by atoms with van der Waals surface area (Å²) in [5.41, 5.74) is 6.16. The van der Waals surface area contributed by atoms with Crippen LogP contribution in [0.4, 0.5) is 0 Å². The first kappa shape index (κ1) is 14.6. The third-order valence-corrected chi connectivity index (χ3v) is 3.69. The molecular formula is C15H26N2O2. The Labute approximate surface area is 115 Å². The van der Waals surface area contributed by atoms with Gasteiger partial charge in [0.15, 0.2) is 0 Å². The standard InChI is InChI=1S/C15H26N2O2/c1-3-9-18-13-6-4-8-17(11-13)15(12(2)16)14-7-5-10-19-14/h5,7,10,12-13,15H,3-4,6,8-9,11,16H2,1-2H3. The van der Waals surface area contributed by atoms with Gasteiger partial charge in [-0.3, -0.25) is 4.90 Å². The number of furan rings is 1. The number of nitrogens with two attached hydrogens (primary N) is 1. The van der Waals surface area contributed by atoms with Crippen LogP contribution in [0.2, 0.25) is 0 Å². The van der Waals surface area contributed by atoms with Crippen molar-refractivity contribution >= 4 is 0 Å². The van der Waals surface area contributed by atoms with Crippen LogP contribution < -0.4 is 5.73 Å². The summed E-state index contributed by atoms with van der Waals surface area (Å²) in [6.45, 7) is 7.06. The van der Waals surface area contributed by atoms with Crippen molar-refractivity contribution in [3.63, 3.8) is 0 Å². The van der Waals surface area contributed by atoms with E-state index < -0.39 is 0 Å². The maximum atomic E-state index is 6.16. The summed E-state index contributed by atoms with van der Waals surface area (Å²) < 4.78 is 11.5. The van der Waals surface area contributed by atoms with E-state index in [2.05, 4.69) is 11.8 Å². The fourth-order valence-electron chi connectivity index (χ4n) is 2.87. The number of piperidine rings is 1. The zero-order chi connectivity index (χ0) is 13.7. The minimum Gasteiger partial charge on any atom is -0.468 e. The second-order valence-corrected chi connectivity index (χ2v) is 5.45. The van der Waals surface area contributed by atoms with Gasteiger partial charge in [0, 0.05) is 19.2 Å². The lowest BCUT2D eigenvalue weighted by molar-refractivity contribution is -0.0184. The van der Waals surface area contributed by atoms with Crippen LogP contribution in [-0.2, 0) is 4.74 Å². The van der Waals surface area contributed by atoms with Crippen LogP contribution in [0.5, 0.6) is 0 Å². The fraction of sp³-hybridized carbons (Fsp3) is 0.733. The van der Waals surface area contributed by atoms with Crippen molar-refractivity contribution in [1.29, 1.82) is 0 Å².